The molecule has 0 saturated carbocycles. The van der Waals surface area contributed by atoms with Crippen molar-refractivity contribution in [3.05, 3.63) is 59.1 Å². The van der Waals surface area contributed by atoms with E-state index in [0.717, 1.165) is 17.3 Å². The van der Waals surface area contributed by atoms with Crippen LogP contribution in [0.25, 0.3) is 10.9 Å². The van der Waals surface area contributed by atoms with E-state index in [1.165, 1.54) is 5.56 Å². The molecular formula is C21H23N3O3. The molecule has 0 bridgehead atoms. The number of nitrogens with zero attached hydrogens (tertiary/aromatic N) is 2. The highest BCUT2D eigenvalue weighted by molar-refractivity contribution is 5.96. The van der Waals surface area contributed by atoms with Gasteiger partial charge in [-0.25, -0.2) is 0 Å². The largest absolute Gasteiger partial charge is 0.379 e. The molecular weight excluding hydrogens is 342 g/mol. The molecule has 6 nitrogen and oxygen atoms in total. The number of aromatic nitrogens is 2. The van der Waals surface area contributed by atoms with Gasteiger partial charge in [0, 0.05) is 17.5 Å². The second-order valence-electron chi connectivity index (χ2n) is 6.98. The van der Waals surface area contributed by atoms with Gasteiger partial charge in [-0.2, -0.15) is 0 Å². The highest BCUT2D eigenvalue weighted by Gasteiger charge is 2.32. The molecule has 1 N–H and O–H groups in total. The maximum absolute atomic E-state index is 12.8. The molecule has 6 heteroatoms. The summed E-state index contributed by atoms with van der Waals surface area (Å²) in [6.45, 7) is 4.88. The van der Waals surface area contributed by atoms with Crippen LogP contribution in [0.1, 0.15) is 34.3 Å². The van der Waals surface area contributed by atoms with Crippen LogP contribution in [0.4, 0.5) is 0 Å². The summed E-state index contributed by atoms with van der Waals surface area (Å²) < 4.78 is 10.9. The Kier molecular flexibility index (Phi) is 4.90. The molecule has 0 radical (unpaired) electrons. The Morgan fingerprint density at radius 2 is 2.11 bits per heavy atom. The molecule has 140 valence electrons. The van der Waals surface area contributed by atoms with Crippen LogP contribution in [-0.4, -0.2) is 35.3 Å². The number of rotatable bonds is 5. The lowest BCUT2D eigenvalue weighted by Gasteiger charge is -2.20. The molecule has 3 heterocycles. The third-order valence-electron chi connectivity index (χ3n) is 5.23. The van der Waals surface area contributed by atoms with Crippen LogP contribution in [0.2, 0.25) is 0 Å². The first kappa shape index (κ1) is 17.7. The molecule has 0 spiro atoms. The van der Waals surface area contributed by atoms with Crippen molar-refractivity contribution in [2.45, 2.75) is 32.7 Å². The number of fused-ring (bicyclic) bond motifs is 1. The van der Waals surface area contributed by atoms with Crippen molar-refractivity contribution in [2.75, 3.05) is 13.2 Å². The first-order chi connectivity index (χ1) is 13.2. The van der Waals surface area contributed by atoms with Crippen LogP contribution in [0.5, 0.6) is 0 Å². The van der Waals surface area contributed by atoms with Crippen molar-refractivity contribution in [3.8, 4) is 0 Å². The summed E-state index contributed by atoms with van der Waals surface area (Å²) in [5, 5.41) is 8.27. The van der Waals surface area contributed by atoms with E-state index in [0.29, 0.717) is 36.7 Å². The number of hydrogen-bond donors (Lipinski definition) is 1. The Balaban J connectivity index is 1.52. The Bertz CT molecular complexity index is 961. The molecule has 1 fully saturated rings. The summed E-state index contributed by atoms with van der Waals surface area (Å²) in [6.07, 6.45) is 3.33. The van der Waals surface area contributed by atoms with Crippen molar-refractivity contribution >= 4 is 16.8 Å². The lowest BCUT2D eigenvalue weighted by atomic mass is 9.93. The monoisotopic (exact) mass is 365 g/mol. The van der Waals surface area contributed by atoms with E-state index in [2.05, 4.69) is 27.6 Å². The number of pyridine rings is 1. The predicted octanol–water partition coefficient (Wildman–Crippen LogP) is 3.08. The summed E-state index contributed by atoms with van der Waals surface area (Å²) in [6, 6.07) is 10.1. The molecule has 1 aliphatic rings. The fraction of sp³-hybridized carbons (Fsp3) is 0.381. The fourth-order valence-electron chi connectivity index (χ4n) is 3.77. The van der Waals surface area contributed by atoms with Gasteiger partial charge in [0.05, 0.1) is 30.5 Å². The first-order valence-electron chi connectivity index (χ1n) is 9.33. The molecule has 2 aromatic heterocycles. The van der Waals surface area contributed by atoms with Crippen molar-refractivity contribution in [1.82, 2.24) is 15.5 Å². The normalized spacial score (nSPS) is 19.5. The molecule has 1 aromatic carbocycles. The molecule has 0 unspecified atom stereocenters. The topological polar surface area (TPSA) is 77.2 Å². The minimum absolute atomic E-state index is 0.0385. The van der Waals surface area contributed by atoms with Gasteiger partial charge in [0.2, 0.25) is 0 Å². The van der Waals surface area contributed by atoms with Gasteiger partial charge in [0.1, 0.15) is 11.3 Å². The standard InChI is InChI=1S/C21H23N3O3/c1-3-17-20(13(2)27-24-17)21(25)23-19-12-26-11-15(19)10-14-8-9-22-18-7-5-4-6-16(14)18/h4-9,15,19H,3,10-12H2,1-2H3,(H,23,25)/t15-,19+/m1/s1. The van der Waals surface area contributed by atoms with Gasteiger partial charge in [-0.3, -0.25) is 9.78 Å². The fourth-order valence-corrected chi connectivity index (χ4v) is 3.77. The number of carbonyl (C=O) groups is 1. The Morgan fingerprint density at radius 1 is 1.26 bits per heavy atom. The van der Waals surface area contributed by atoms with Gasteiger partial charge in [0.15, 0.2) is 0 Å². The van der Waals surface area contributed by atoms with E-state index in [1.54, 1.807) is 6.92 Å². The van der Waals surface area contributed by atoms with Crippen molar-refractivity contribution in [2.24, 2.45) is 5.92 Å². The van der Waals surface area contributed by atoms with Crippen molar-refractivity contribution in [1.29, 1.82) is 0 Å². The average Bonchev–Trinajstić information content (AvgIpc) is 3.28. The third kappa shape index (κ3) is 3.45. The van der Waals surface area contributed by atoms with Gasteiger partial charge in [-0.15, -0.1) is 0 Å². The highest BCUT2D eigenvalue weighted by atomic mass is 16.5. The number of nitrogens with one attached hydrogen (secondary N) is 1. The molecule has 1 amide bonds. The molecule has 3 aromatic rings. The summed E-state index contributed by atoms with van der Waals surface area (Å²) >= 11 is 0. The Morgan fingerprint density at radius 3 is 2.96 bits per heavy atom. The lowest BCUT2D eigenvalue weighted by molar-refractivity contribution is 0.0922. The number of hydrogen-bond acceptors (Lipinski definition) is 5. The van der Waals surface area contributed by atoms with Crippen molar-refractivity contribution < 1.29 is 14.1 Å². The Hall–Kier alpha value is -2.73. The van der Waals surface area contributed by atoms with Crippen molar-refractivity contribution in [3.63, 3.8) is 0 Å². The average molecular weight is 365 g/mol. The zero-order valence-electron chi connectivity index (χ0n) is 15.6. The number of benzene rings is 1. The molecule has 4 rings (SSSR count). The molecule has 1 saturated heterocycles. The second-order valence-corrected chi connectivity index (χ2v) is 6.98. The number of amides is 1. The summed E-state index contributed by atoms with van der Waals surface area (Å²) in [7, 11) is 0. The van der Waals surface area contributed by atoms with E-state index >= 15 is 0 Å². The maximum atomic E-state index is 12.8. The molecule has 1 aliphatic heterocycles. The number of aryl methyl sites for hydroxylation is 2. The van der Waals surface area contributed by atoms with E-state index in [-0.39, 0.29) is 17.9 Å². The van der Waals surface area contributed by atoms with E-state index < -0.39 is 0 Å². The van der Waals surface area contributed by atoms with E-state index in [9.17, 15) is 4.79 Å². The van der Waals surface area contributed by atoms with Crippen LogP contribution < -0.4 is 5.32 Å². The van der Waals surface area contributed by atoms with Crippen LogP contribution in [0, 0.1) is 12.8 Å². The summed E-state index contributed by atoms with van der Waals surface area (Å²) in [5.41, 5.74) is 3.46. The van der Waals surface area contributed by atoms with Gasteiger partial charge < -0.3 is 14.6 Å². The van der Waals surface area contributed by atoms with Gasteiger partial charge in [0.25, 0.3) is 5.91 Å². The number of para-hydroxylation sites is 1. The number of ether oxygens (including phenoxy) is 1. The van der Waals surface area contributed by atoms with E-state index in [4.69, 9.17) is 9.26 Å². The lowest BCUT2D eigenvalue weighted by Crippen LogP contribution is -2.41. The van der Waals surface area contributed by atoms with Gasteiger partial charge in [-0.05, 0) is 37.5 Å². The summed E-state index contributed by atoms with van der Waals surface area (Å²) in [5.74, 6) is 0.635. The zero-order valence-corrected chi connectivity index (χ0v) is 15.6. The minimum atomic E-state index is -0.134. The third-order valence-corrected chi connectivity index (χ3v) is 5.23. The maximum Gasteiger partial charge on any atom is 0.257 e. The van der Waals surface area contributed by atoms with E-state index in [1.807, 2.05) is 31.3 Å². The minimum Gasteiger partial charge on any atom is -0.379 e. The van der Waals surface area contributed by atoms with Crippen LogP contribution >= 0.6 is 0 Å². The smallest absolute Gasteiger partial charge is 0.257 e. The second kappa shape index (κ2) is 7.48. The SMILES string of the molecule is CCc1noc(C)c1C(=O)N[C@H]1COC[C@H]1Cc1ccnc2ccccc12. The Labute approximate surface area is 157 Å². The molecule has 27 heavy (non-hydrogen) atoms. The van der Waals surface area contributed by atoms with Crippen LogP contribution in [0.15, 0.2) is 41.1 Å². The predicted molar refractivity (Wildman–Crippen MR) is 102 cm³/mol. The zero-order chi connectivity index (χ0) is 18.8. The summed E-state index contributed by atoms with van der Waals surface area (Å²) in [4.78, 5) is 17.2. The number of carbonyl (C=O) groups excluding carboxylic acids is 1. The highest BCUT2D eigenvalue weighted by Crippen LogP contribution is 2.25. The van der Waals surface area contributed by atoms with Crippen LogP contribution in [0.3, 0.4) is 0 Å². The quantitative estimate of drug-likeness (QED) is 0.752. The first-order valence-corrected chi connectivity index (χ1v) is 9.33. The van der Waals surface area contributed by atoms with Gasteiger partial charge >= 0.3 is 0 Å². The van der Waals surface area contributed by atoms with Crippen LogP contribution in [-0.2, 0) is 17.6 Å². The van der Waals surface area contributed by atoms with Gasteiger partial charge in [-0.1, -0.05) is 30.3 Å². The molecule has 0 aliphatic carbocycles. The molecule has 2 atom stereocenters.